The first kappa shape index (κ1) is 13.1. The molecule has 0 amide bonds. The van der Waals surface area contributed by atoms with Crippen molar-refractivity contribution in [1.29, 1.82) is 0 Å². The summed E-state index contributed by atoms with van der Waals surface area (Å²) in [6.07, 6.45) is 0. The minimum atomic E-state index is -0.484. The van der Waals surface area contributed by atoms with Gasteiger partial charge in [0.25, 0.3) is 0 Å². The molecule has 0 atom stereocenters. The molecule has 96 valence electrons. The van der Waals surface area contributed by atoms with Gasteiger partial charge >= 0.3 is 5.63 Å². The summed E-state index contributed by atoms with van der Waals surface area (Å²) in [4.78, 5) is 16.6. The van der Waals surface area contributed by atoms with Crippen LogP contribution < -0.4 is 5.63 Å². The van der Waals surface area contributed by atoms with E-state index >= 15 is 0 Å². The molecule has 0 spiro atoms. The Kier molecular flexibility index (Phi) is 3.34. The molecule has 2 heterocycles. The molecule has 0 unspecified atom stereocenters. The highest BCUT2D eigenvalue weighted by Gasteiger charge is 2.17. The van der Waals surface area contributed by atoms with Crippen molar-refractivity contribution in [2.24, 2.45) is 0 Å². The number of aromatic nitrogens is 2. The van der Waals surface area contributed by atoms with Crippen LogP contribution in [-0.2, 0) is 0 Å². The molecule has 0 aliphatic carbocycles. The number of rotatable bonds is 1. The molecule has 0 bridgehead atoms. The minimum Gasteiger partial charge on any atom is -0.402 e. The first-order valence-electron chi connectivity index (χ1n) is 4.97. The smallest absolute Gasteiger partial charge is 0.347 e. The second-order valence-corrected chi connectivity index (χ2v) is 6.01. The van der Waals surface area contributed by atoms with Gasteiger partial charge in [0, 0.05) is 4.47 Å². The lowest BCUT2D eigenvalue weighted by atomic mass is 10.2. The highest BCUT2D eigenvalue weighted by atomic mass is 79.9. The van der Waals surface area contributed by atoms with Crippen molar-refractivity contribution < 1.29 is 4.42 Å². The van der Waals surface area contributed by atoms with Crippen LogP contribution in [0.4, 0.5) is 0 Å². The monoisotopic (exact) mass is 376 g/mol. The van der Waals surface area contributed by atoms with Crippen molar-refractivity contribution in [2.75, 3.05) is 0 Å². The lowest BCUT2D eigenvalue weighted by molar-refractivity contribution is 0.520. The number of halogens is 3. The predicted molar refractivity (Wildman–Crippen MR) is 79.1 cm³/mol. The van der Waals surface area contributed by atoms with Crippen LogP contribution in [0.2, 0.25) is 10.2 Å². The van der Waals surface area contributed by atoms with E-state index in [4.69, 9.17) is 27.6 Å². The van der Waals surface area contributed by atoms with E-state index in [1.807, 2.05) is 0 Å². The Labute approximate surface area is 129 Å². The minimum absolute atomic E-state index is 0.120. The zero-order chi connectivity index (χ0) is 13.6. The van der Waals surface area contributed by atoms with Crippen molar-refractivity contribution >= 4 is 61.6 Å². The SMILES string of the molecule is O=c1oc(-c2snc(Cl)c2Cl)nc2ccc(Br)cc12. The molecule has 0 radical (unpaired) electrons. The van der Waals surface area contributed by atoms with Gasteiger partial charge in [0.15, 0.2) is 5.15 Å². The first-order chi connectivity index (χ1) is 9.06. The Morgan fingerprint density at radius 1 is 1.32 bits per heavy atom. The normalized spacial score (nSPS) is 11.1. The Balaban J connectivity index is 2.30. The fourth-order valence-corrected chi connectivity index (χ4v) is 3.03. The fourth-order valence-electron chi connectivity index (χ4n) is 1.53. The summed E-state index contributed by atoms with van der Waals surface area (Å²) in [5.41, 5.74) is 0.0388. The van der Waals surface area contributed by atoms with Gasteiger partial charge in [-0.3, -0.25) is 0 Å². The van der Waals surface area contributed by atoms with Crippen molar-refractivity contribution in [3.8, 4) is 10.8 Å². The van der Waals surface area contributed by atoms with Gasteiger partial charge in [-0.05, 0) is 29.7 Å². The molecule has 0 saturated heterocycles. The molecule has 3 rings (SSSR count). The zero-order valence-electron chi connectivity index (χ0n) is 8.99. The van der Waals surface area contributed by atoms with Crippen LogP contribution in [-0.4, -0.2) is 9.36 Å². The Morgan fingerprint density at radius 2 is 2.11 bits per heavy atom. The standard InChI is InChI=1S/C11H3BrCl2N2O2S/c12-4-1-2-6-5(3-4)11(17)18-10(15-6)8-7(13)9(14)16-19-8/h1-3H. The van der Waals surface area contributed by atoms with Gasteiger partial charge in [0.1, 0.15) is 9.90 Å². The highest BCUT2D eigenvalue weighted by molar-refractivity contribution is 9.10. The molecule has 8 heteroatoms. The number of hydrogen-bond donors (Lipinski definition) is 0. The number of nitrogens with zero attached hydrogens (tertiary/aromatic N) is 2. The summed E-state index contributed by atoms with van der Waals surface area (Å²) < 4.78 is 9.83. The van der Waals surface area contributed by atoms with Crippen LogP contribution >= 0.6 is 50.7 Å². The Bertz CT molecular complexity index is 846. The van der Waals surface area contributed by atoms with Gasteiger partial charge in [-0.1, -0.05) is 39.1 Å². The molecule has 3 aromatic rings. The quantitative estimate of drug-likeness (QED) is 0.631. The van der Waals surface area contributed by atoms with Crippen LogP contribution in [0.5, 0.6) is 0 Å². The molecule has 2 aromatic heterocycles. The third kappa shape index (κ3) is 2.29. The van der Waals surface area contributed by atoms with E-state index in [0.717, 1.165) is 16.0 Å². The summed E-state index contributed by atoms with van der Waals surface area (Å²) in [7, 11) is 0. The van der Waals surface area contributed by atoms with Crippen molar-refractivity contribution in [3.05, 3.63) is 43.3 Å². The van der Waals surface area contributed by atoms with Crippen LogP contribution in [0.15, 0.2) is 31.9 Å². The van der Waals surface area contributed by atoms with Crippen LogP contribution in [0.3, 0.4) is 0 Å². The van der Waals surface area contributed by atoms with Gasteiger partial charge in [-0.25, -0.2) is 9.78 Å². The van der Waals surface area contributed by atoms with Gasteiger partial charge in [-0.15, -0.1) is 0 Å². The Hall–Kier alpha value is -0.950. The van der Waals surface area contributed by atoms with Crippen LogP contribution in [0.25, 0.3) is 21.7 Å². The third-order valence-corrected chi connectivity index (χ3v) is 4.66. The molecular weight excluding hydrogens is 375 g/mol. The van der Waals surface area contributed by atoms with Crippen molar-refractivity contribution in [1.82, 2.24) is 9.36 Å². The van der Waals surface area contributed by atoms with Crippen LogP contribution in [0, 0.1) is 0 Å². The molecule has 1 aromatic carbocycles. The molecule has 0 N–H and O–H groups in total. The van der Waals surface area contributed by atoms with Gasteiger partial charge in [0.05, 0.1) is 10.9 Å². The first-order valence-corrected chi connectivity index (χ1v) is 7.30. The molecule has 0 aliphatic rings. The van der Waals surface area contributed by atoms with Crippen molar-refractivity contribution in [2.45, 2.75) is 0 Å². The summed E-state index contributed by atoms with van der Waals surface area (Å²) in [6.45, 7) is 0. The fraction of sp³-hybridized carbons (Fsp3) is 0. The second kappa shape index (κ2) is 4.86. The van der Waals surface area contributed by atoms with Gasteiger partial charge in [0.2, 0.25) is 5.89 Å². The van der Waals surface area contributed by atoms with Gasteiger partial charge < -0.3 is 4.42 Å². The third-order valence-electron chi connectivity index (χ3n) is 2.38. The maximum Gasteiger partial charge on any atom is 0.347 e. The van der Waals surface area contributed by atoms with E-state index < -0.39 is 5.63 Å². The van der Waals surface area contributed by atoms with Gasteiger partial charge in [-0.2, -0.15) is 4.37 Å². The zero-order valence-corrected chi connectivity index (χ0v) is 12.9. The van der Waals surface area contributed by atoms with E-state index in [1.165, 1.54) is 0 Å². The van der Waals surface area contributed by atoms with Crippen molar-refractivity contribution in [3.63, 3.8) is 0 Å². The molecule has 4 nitrogen and oxygen atoms in total. The average Bonchev–Trinajstić information content (AvgIpc) is 2.71. The lowest BCUT2D eigenvalue weighted by Gasteiger charge is -2.00. The topological polar surface area (TPSA) is 56.0 Å². The molecule has 0 aliphatic heterocycles. The molecule has 19 heavy (non-hydrogen) atoms. The molecule has 0 saturated carbocycles. The molecule has 0 fully saturated rings. The number of benzene rings is 1. The molecular formula is C11H3BrCl2N2O2S. The van der Waals surface area contributed by atoms with E-state index in [1.54, 1.807) is 18.2 Å². The summed E-state index contributed by atoms with van der Waals surface area (Å²) in [6, 6.07) is 5.16. The largest absolute Gasteiger partial charge is 0.402 e. The Morgan fingerprint density at radius 3 is 2.79 bits per heavy atom. The van der Waals surface area contributed by atoms with E-state index in [0.29, 0.717) is 15.8 Å². The maximum absolute atomic E-state index is 11.9. The maximum atomic E-state index is 11.9. The summed E-state index contributed by atoms with van der Waals surface area (Å²) >= 11 is 16.1. The lowest BCUT2D eigenvalue weighted by Crippen LogP contribution is -2.02. The van der Waals surface area contributed by atoms with E-state index in [2.05, 4.69) is 25.3 Å². The second-order valence-electron chi connectivity index (χ2n) is 3.58. The highest BCUT2D eigenvalue weighted by Crippen LogP contribution is 2.36. The summed E-state index contributed by atoms with van der Waals surface area (Å²) in [5, 5.41) is 0.797. The number of fused-ring (bicyclic) bond motifs is 1. The van der Waals surface area contributed by atoms with E-state index in [-0.39, 0.29) is 16.1 Å². The number of hydrogen-bond acceptors (Lipinski definition) is 5. The summed E-state index contributed by atoms with van der Waals surface area (Å²) in [5.74, 6) is 0.120. The average molecular weight is 378 g/mol. The van der Waals surface area contributed by atoms with E-state index in [9.17, 15) is 4.79 Å². The van der Waals surface area contributed by atoms with Crippen LogP contribution in [0.1, 0.15) is 0 Å². The predicted octanol–water partition coefficient (Wildman–Crippen LogP) is 4.38.